The zero-order chi connectivity index (χ0) is 8.04. The third-order valence-electron chi connectivity index (χ3n) is 1.26. The van der Waals surface area contributed by atoms with Crippen LogP contribution in [0.5, 0.6) is 0 Å². The van der Waals surface area contributed by atoms with E-state index in [1.165, 1.54) is 0 Å². The molecule has 0 aliphatic carbocycles. The molecule has 0 aromatic heterocycles. The van der Waals surface area contributed by atoms with E-state index in [2.05, 4.69) is 0 Å². The molecule has 0 saturated heterocycles. The molecular formula is C6H15KO3S. The van der Waals surface area contributed by atoms with Crippen molar-refractivity contribution in [1.29, 1.82) is 0 Å². The summed E-state index contributed by atoms with van der Waals surface area (Å²) < 4.78 is 28.6. The Labute approximate surface area is 111 Å². The molecule has 11 heavy (non-hydrogen) atoms. The second-order valence-electron chi connectivity index (χ2n) is 2.35. The molecule has 0 atom stereocenters. The number of hydrogen-bond donors (Lipinski definition) is 1. The Hall–Kier alpha value is 1.55. The first-order valence-electron chi connectivity index (χ1n) is 3.51. The van der Waals surface area contributed by atoms with Gasteiger partial charge in [-0.1, -0.05) is 26.2 Å². The Morgan fingerprint density at radius 3 is 2.09 bits per heavy atom. The molecule has 0 saturated carbocycles. The van der Waals surface area contributed by atoms with Crippen molar-refractivity contribution in [3.63, 3.8) is 0 Å². The average Bonchev–Trinajstić information content (AvgIpc) is 1.78. The van der Waals surface area contributed by atoms with E-state index in [1.807, 2.05) is 6.92 Å². The zero-order valence-electron chi connectivity index (χ0n) is 6.21. The van der Waals surface area contributed by atoms with Crippen molar-refractivity contribution in [2.75, 3.05) is 5.75 Å². The first-order chi connectivity index (χ1) is 4.56. The van der Waals surface area contributed by atoms with E-state index in [4.69, 9.17) is 4.55 Å². The van der Waals surface area contributed by atoms with Gasteiger partial charge in [0.05, 0.1) is 5.75 Å². The van der Waals surface area contributed by atoms with Crippen LogP contribution in [0.3, 0.4) is 0 Å². The number of hydrogen-bond acceptors (Lipinski definition) is 2. The molecule has 0 aromatic rings. The molecule has 0 bridgehead atoms. The summed E-state index contributed by atoms with van der Waals surface area (Å²) >= 11 is 0. The van der Waals surface area contributed by atoms with Crippen molar-refractivity contribution in [3.8, 4) is 0 Å². The summed E-state index contributed by atoms with van der Waals surface area (Å²) in [6.45, 7) is 2.05. The maximum absolute atomic E-state index is 10.1. The molecule has 0 amide bonds. The van der Waals surface area contributed by atoms with Crippen molar-refractivity contribution >= 4 is 61.5 Å². The van der Waals surface area contributed by atoms with Gasteiger partial charge in [0.15, 0.2) is 0 Å². The third kappa shape index (κ3) is 14.4. The van der Waals surface area contributed by atoms with Crippen LogP contribution in [0.4, 0.5) is 0 Å². The first kappa shape index (κ1) is 15.0. The number of unbranched alkanes of at least 4 members (excludes halogenated alkanes) is 3. The second-order valence-corrected chi connectivity index (χ2v) is 3.92. The van der Waals surface area contributed by atoms with Gasteiger partial charge in [0.1, 0.15) is 0 Å². The van der Waals surface area contributed by atoms with Crippen LogP contribution in [0, 0.1) is 0 Å². The van der Waals surface area contributed by atoms with Crippen molar-refractivity contribution < 1.29 is 13.0 Å². The molecule has 3 nitrogen and oxygen atoms in total. The molecule has 0 aromatic carbocycles. The summed E-state index contributed by atoms with van der Waals surface area (Å²) in [7, 11) is -3.70. The van der Waals surface area contributed by atoms with Gasteiger partial charge in [-0.05, 0) is 6.42 Å². The quantitative estimate of drug-likeness (QED) is 0.411. The van der Waals surface area contributed by atoms with E-state index < -0.39 is 10.1 Å². The average molecular weight is 206 g/mol. The standard InChI is InChI=1S/C6H14O3S.K.H/c1-2-3-4-5-6-10(7,8)9;;/h2-6H2,1H3,(H,7,8,9);;. The molecule has 0 rings (SSSR count). The molecule has 0 heterocycles. The fourth-order valence-corrected chi connectivity index (χ4v) is 1.28. The van der Waals surface area contributed by atoms with E-state index in [0.29, 0.717) is 6.42 Å². The predicted molar refractivity (Wildman–Crippen MR) is 47.7 cm³/mol. The van der Waals surface area contributed by atoms with E-state index in [1.54, 1.807) is 0 Å². The van der Waals surface area contributed by atoms with Gasteiger partial charge in [-0.2, -0.15) is 8.42 Å². The Balaban J connectivity index is 0. The molecule has 1 N–H and O–H groups in total. The normalized spacial score (nSPS) is 10.7. The molecule has 5 heteroatoms. The predicted octanol–water partition coefficient (Wildman–Crippen LogP) is 0.806. The summed E-state index contributed by atoms with van der Waals surface area (Å²) in [5.74, 6) is -0.0903. The van der Waals surface area contributed by atoms with E-state index in [9.17, 15) is 8.42 Å². The third-order valence-corrected chi connectivity index (χ3v) is 2.06. The molecule has 0 unspecified atom stereocenters. The number of rotatable bonds is 5. The molecule has 0 spiro atoms. The maximum atomic E-state index is 10.1. The monoisotopic (exact) mass is 206 g/mol. The van der Waals surface area contributed by atoms with E-state index in [-0.39, 0.29) is 57.1 Å². The first-order valence-corrected chi connectivity index (χ1v) is 5.12. The molecule has 0 radical (unpaired) electrons. The van der Waals surface area contributed by atoms with Crippen LogP contribution in [0.2, 0.25) is 0 Å². The summed E-state index contributed by atoms with van der Waals surface area (Å²) in [6.07, 6.45) is 3.57. The minimum absolute atomic E-state index is 0. The Morgan fingerprint density at radius 1 is 1.18 bits per heavy atom. The summed E-state index contributed by atoms with van der Waals surface area (Å²) in [6, 6.07) is 0. The van der Waals surface area contributed by atoms with Crippen molar-refractivity contribution in [3.05, 3.63) is 0 Å². The zero-order valence-corrected chi connectivity index (χ0v) is 7.02. The van der Waals surface area contributed by atoms with Crippen LogP contribution in [-0.2, 0) is 10.1 Å². The Morgan fingerprint density at radius 2 is 1.73 bits per heavy atom. The molecule has 64 valence electrons. The van der Waals surface area contributed by atoms with Gasteiger partial charge in [0.25, 0.3) is 10.1 Å². The minimum atomic E-state index is -3.70. The van der Waals surface area contributed by atoms with Gasteiger partial charge in [0, 0.05) is 0 Å². The van der Waals surface area contributed by atoms with Crippen molar-refractivity contribution in [2.45, 2.75) is 32.6 Å². The van der Waals surface area contributed by atoms with Gasteiger partial charge in [-0.3, -0.25) is 4.55 Å². The van der Waals surface area contributed by atoms with Gasteiger partial charge < -0.3 is 0 Å². The van der Waals surface area contributed by atoms with Crippen LogP contribution < -0.4 is 0 Å². The second kappa shape index (κ2) is 8.16. The van der Waals surface area contributed by atoms with Crippen LogP contribution in [0.1, 0.15) is 32.6 Å². The Kier molecular flexibility index (Phi) is 11.2. The van der Waals surface area contributed by atoms with Crippen molar-refractivity contribution in [2.24, 2.45) is 0 Å². The SMILES string of the molecule is CCCCCCS(=O)(=O)O.[KH]. The van der Waals surface area contributed by atoms with Gasteiger partial charge >= 0.3 is 51.4 Å². The fraction of sp³-hybridized carbons (Fsp3) is 1.00. The molecule has 0 fully saturated rings. The molecule has 0 aliphatic rings. The van der Waals surface area contributed by atoms with E-state index in [0.717, 1.165) is 19.3 Å². The summed E-state index contributed by atoms with van der Waals surface area (Å²) in [4.78, 5) is 0. The van der Waals surface area contributed by atoms with Gasteiger partial charge in [0.2, 0.25) is 0 Å². The van der Waals surface area contributed by atoms with Crippen LogP contribution >= 0.6 is 0 Å². The van der Waals surface area contributed by atoms with Crippen LogP contribution in [-0.4, -0.2) is 70.1 Å². The van der Waals surface area contributed by atoms with E-state index >= 15 is 0 Å². The fourth-order valence-electron chi connectivity index (χ4n) is 0.711. The van der Waals surface area contributed by atoms with Crippen molar-refractivity contribution in [1.82, 2.24) is 0 Å². The van der Waals surface area contributed by atoms with Gasteiger partial charge in [-0.15, -0.1) is 0 Å². The summed E-state index contributed by atoms with van der Waals surface area (Å²) in [5.41, 5.74) is 0. The topological polar surface area (TPSA) is 54.4 Å². The molecular weight excluding hydrogens is 191 g/mol. The van der Waals surface area contributed by atoms with Crippen LogP contribution in [0.25, 0.3) is 0 Å². The van der Waals surface area contributed by atoms with Gasteiger partial charge in [-0.25, -0.2) is 0 Å². The molecule has 0 aliphatic heterocycles. The summed E-state index contributed by atoms with van der Waals surface area (Å²) in [5, 5.41) is 0. The van der Waals surface area contributed by atoms with Crippen LogP contribution in [0.15, 0.2) is 0 Å². The Bertz CT molecular complexity index is 165.